The molecule has 0 aliphatic heterocycles. The van der Waals surface area contributed by atoms with Crippen molar-refractivity contribution in [1.82, 2.24) is 9.78 Å². The van der Waals surface area contributed by atoms with E-state index in [-0.39, 0.29) is 17.6 Å². The molecule has 0 fully saturated rings. The van der Waals surface area contributed by atoms with Crippen LogP contribution in [-0.4, -0.2) is 21.6 Å². The van der Waals surface area contributed by atoms with Gasteiger partial charge in [0.05, 0.1) is 38.9 Å². The van der Waals surface area contributed by atoms with E-state index in [4.69, 9.17) is 27.6 Å². The van der Waals surface area contributed by atoms with Crippen molar-refractivity contribution >= 4 is 57.2 Å². The lowest BCUT2D eigenvalue weighted by molar-refractivity contribution is 0.0995. The minimum absolute atomic E-state index is 0.193. The Morgan fingerprint density at radius 3 is 2.70 bits per heavy atom. The standard InChI is InChI=1S/C20H14Cl2N4O3S/c21-13-4-1-3-12(18(13)22)11-26-16(8-9-23-26)24-20(28)15-6-7-17(30-15)25-19(27)14-5-2-10-29-14/h1-10H,11H2,(H,24,28)(H,25,27). The van der Waals surface area contributed by atoms with E-state index in [1.54, 1.807) is 53.3 Å². The maximum Gasteiger partial charge on any atom is 0.291 e. The summed E-state index contributed by atoms with van der Waals surface area (Å²) in [7, 11) is 0. The number of hydrogen-bond donors (Lipinski definition) is 2. The maximum atomic E-state index is 12.6. The Labute approximate surface area is 185 Å². The number of carbonyl (C=O) groups excluding carboxylic acids is 2. The van der Waals surface area contributed by atoms with Crippen molar-refractivity contribution < 1.29 is 14.0 Å². The third kappa shape index (κ3) is 4.40. The molecule has 0 radical (unpaired) electrons. The van der Waals surface area contributed by atoms with Crippen molar-refractivity contribution in [2.75, 3.05) is 10.6 Å². The van der Waals surface area contributed by atoms with Gasteiger partial charge in [-0.1, -0.05) is 35.3 Å². The third-order valence-electron chi connectivity index (χ3n) is 4.12. The van der Waals surface area contributed by atoms with E-state index < -0.39 is 0 Å². The number of aromatic nitrogens is 2. The Morgan fingerprint density at radius 2 is 1.90 bits per heavy atom. The molecule has 10 heteroatoms. The topological polar surface area (TPSA) is 89.2 Å². The Balaban J connectivity index is 1.44. The van der Waals surface area contributed by atoms with Gasteiger partial charge in [-0.25, -0.2) is 4.68 Å². The van der Waals surface area contributed by atoms with E-state index in [1.807, 2.05) is 6.07 Å². The lowest BCUT2D eigenvalue weighted by atomic mass is 10.2. The van der Waals surface area contributed by atoms with Gasteiger partial charge in [-0.3, -0.25) is 9.59 Å². The molecule has 1 aromatic carbocycles. The normalized spacial score (nSPS) is 10.7. The van der Waals surface area contributed by atoms with E-state index in [0.717, 1.165) is 16.9 Å². The highest BCUT2D eigenvalue weighted by Gasteiger charge is 2.15. The summed E-state index contributed by atoms with van der Waals surface area (Å²) < 4.78 is 6.67. The predicted octanol–water partition coefficient (Wildman–Crippen LogP) is 5.40. The summed E-state index contributed by atoms with van der Waals surface area (Å²) in [5.41, 5.74) is 0.780. The van der Waals surface area contributed by atoms with Crippen LogP contribution < -0.4 is 10.6 Å². The lowest BCUT2D eigenvalue weighted by Gasteiger charge is -2.10. The summed E-state index contributed by atoms with van der Waals surface area (Å²) >= 11 is 13.5. The fourth-order valence-electron chi connectivity index (χ4n) is 2.68. The van der Waals surface area contributed by atoms with Crippen molar-refractivity contribution in [3.8, 4) is 0 Å². The second kappa shape index (κ2) is 8.74. The van der Waals surface area contributed by atoms with Gasteiger partial charge >= 0.3 is 0 Å². The van der Waals surface area contributed by atoms with Crippen molar-refractivity contribution in [1.29, 1.82) is 0 Å². The van der Waals surface area contributed by atoms with Gasteiger partial charge in [0, 0.05) is 6.07 Å². The first-order valence-corrected chi connectivity index (χ1v) is 10.3. The summed E-state index contributed by atoms with van der Waals surface area (Å²) in [4.78, 5) is 25.1. The molecule has 0 aliphatic carbocycles. The Hall–Kier alpha value is -3.07. The average Bonchev–Trinajstić information content (AvgIpc) is 3.48. The summed E-state index contributed by atoms with van der Waals surface area (Å²) in [5, 5.41) is 11.2. The Bertz CT molecular complexity index is 1200. The highest BCUT2D eigenvalue weighted by atomic mass is 35.5. The van der Waals surface area contributed by atoms with E-state index in [9.17, 15) is 9.59 Å². The number of rotatable bonds is 6. The molecule has 7 nitrogen and oxygen atoms in total. The molecule has 2 amide bonds. The number of nitrogens with zero attached hydrogens (tertiary/aromatic N) is 2. The van der Waals surface area contributed by atoms with Gasteiger partial charge < -0.3 is 15.1 Å². The van der Waals surface area contributed by atoms with E-state index in [2.05, 4.69) is 15.7 Å². The number of hydrogen-bond acceptors (Lipinski definition) is 5. The first-order valence-electron chi connectivity index (χ1n) is 8.72. The largest absolute Gasteiger partial charge is 0.459 e. The molecule has 4 rings (SSSR count). The second-order valence-corrected chi connectivity index (χ2v) is 8.01. The minimum atomic E-state index is -0.384. The molecule has 3 aromatic heterocycles. The van der Waals surface area contributed by atoms with Crippen LogP contribution in [-0.2, 0) is 6.54 Å². The van der Waals surface area contributed by atoms with Gasteiger partial charge in [0.15, 0.2) is 5.76 Å². The highest BCUT2D eigenvalue weighted by Crippen LogP contribution is 2.27. The predicted molar refractivity (Wildman–Crippen MR) is 117 cm³/mol. The molecule has 0 unspecified atom stereocenters. The number of nitrogens with one attached hydrogen (secondary N) is 2. The summed E-state index contributed by atoms with van der Waals surface area (Å²) in [6, 6.07) is 13.5. The zero-order valence-electron chi connectivity index (χ0n) is 15.3. The van der Waals surface area contributed by atoms with Gasteiger partial charge in [0.2, 0.25) is 0 Å². The molecule has 0 atom stereocenters. The smallest absolute Gasteiger partial charge is 0.291 e. The molecule has 0 spiro atoms. The molecule has 2 N–H and O–H groups in total. The van der Waals surface area contributed by atoms with Crippen molar-refractivity contribution in [2.45, 2.75) is 6.54 Å². The SMILES string of the molecule is O=C(Nc1ccc(C(=O)Nc2ccnn2Cc2cccc(Cl)c2Cl)s1)c1ccco1. The van der Waals surface area contributed by atoms with Crippen molar-refractivity contribution in [3.05, 3.63) is 87.2 Å². The van der Waals surface area contributed by atoms with Crippen LogP contribution in [0.5, 0.6) is 0 Å². The number of halogens is 2. The van der Waals surface area contributed by atoms with Crippen LogP contribution in [0.2, 0.25) is 10.0 Å². The molecule has 3 heterocycles. The quantitative estimate of drug-likeness (QED) is 0.403. The summed E-state index contributed by atoms with van der Waals surface area (Å²) in [5.74, 6) is -0.00804. The number of thiophene rings is 1. The van der Waals surface area contributed by atoms with Gasteiger partial charge in [-0.05, 0) is 35.9 Å². The molecule has 0 saturated carbocycles. The number of furan rings is 1. The number of benzene rings is 1. The zero-order valence-corrected chi connectivity index (χ0v) is 17.6. The molecule has 0 aliphatic rings. The summed E-state index contributed by atoms with van der Waals surface area (Å²) in [6.07, 6.45) is 3.00. The van der Waals surface area contributed by atoms with Gasteiger partial charge in [0.1, 0.15) is 5.82 Å². The molecule has 4 aromatic rings. The summed E-state index contributed by atoms with van der Waals surface area (Å²) in [6.45, 7) is 0.344. The van der Waals surface area contributed by atoms with Crippen molar-refractivity contribution in [3.63, 3.8) is 0 Å². The molecule has 30 heavy (non-hydrogen) atoms. The van der Waals surface area contributed by atoms with E-state index >= 15 is 0 Å². The average molecular weight is 461 g/mol. The van der Waals surface area contributed by atoms with Gasteiger partial charge in [-0.2, -0.15) is 5.10 Å². The number of carbonyl (C=O) groups is 2. The van der Waals surface area contributed by atoms with Crippen LogP contribution in [0.15, 0.2) is 65.4 Å². The Morgan fingerprint density at radius 1 is 1.03 bits per heavy atom. The molecular weight excluding hydrogens is 447 g/mol. The van der Waals surface area contributed by atoms with Crippen LogP contribution >= 0.6 is 34.5 Å². The van der Waals surface area contributed by atoms with Gasteiger partial charge in [0.25, 0.3) is 11.8 Å². The Kier molecular flexibility index (Phi) is 5.89. The highest BCUT2D eigenvalue weighted by molar-refractivity contribution is 7.18. The molecular formula is C20H14Cl2N4O3S. The number of anilines is 2. The fraction of sp³-hybridized carbons (Fsp3) is 0.0500. The second-order valence-electron chi connectivity index (χ2n) is 6.14. The van der Waals surface area contributed by atoms with Crippen LogP contribution in [0, 0.1) is 0 Å². The fourth-order valence-corrected chi connectivity index (χ4v) is 3.86. The minimum Gasteiger partial charge on any atom is -0.459 e. The first-order chi connectivity index (χ1) is 14.5. The lowest BCUT2D eigenvalue weighted by Crippen LogP contribution is -2.15. The van der Waals surface area contributed by atoms with Gasteiger partial charge in [-0.15, -0.1) is 11.3 Å². The van der Waals surface area contributed by atoms with E-state index in [0.29, 0.717) is 32.3 Å². The van der Waals surface area contributed by atoms with Crippen LogP contribution in [0.25, 0.3) is 0 Å². The maximum absolute atomic E-state index is 12.6. The van der Waals surface area contributed by atoms with Crippen molar-refractivity contribution in [2.24, 2.45) is 0 Å². The van der Waals surface area contributed by atoms with Crippen LogP contribution in [0.3, 0.4) is 0 Å². The molecule has 0 bridgehead atoms. The zero-order chi connectivity index (χ0) is 21.1. The van der Waals surface area contributed by atoms with E-state index in [1.165, 1.54) is 6.26 Å². The molecule has 0 saturated heterocycles. The van der Waals surface area contributed by atoms with Crippen LogP contribution in [0.4, 0.5) is 10.8 Å². The third-order valence-corrected chi connectivity index (χ3v) is 5.98. The monoisotopic (exact) mass is 460 g/mol. The van der Waals surface area contributed by atoms with Crippen LogP contribution in [0.1, 0.15) is 25.8 Å². The molecule has 152 valence electrons. The number of amides is 2. The first kappa shape index (κ1) is 20.2.